The van der Waals surface area contributed by atoms with Crippen LogP contribution in [0.5, 0.6) is 0 Å². The molecule has 0 aliphatic heterocycles. The highest BCUT2D eigenvalue weighted by Crippen LogP contribution is 2.63. The van der Waals surface area contributed by atoms with Gasteiger partial charge in [-0.3, -0.25) is 0 Å². The van der Waals surface area contributed by atoms with Crippen LogP contribution in [0, 0.1) is 11.3 Å². The fourth-order valence-electron chi connectivity index (χ4n) is 6.42. The Balaban J connectivity index is 1.71. The molecule has 0 saturated heterocycles. The molecule has 2 saturated carbocycles. The highest BCUT2D eigenvalue weighted by molar-refractivity contribution is 5.79. The quantitative estimate of drug-likeness (QED) is 0.563. The molecule has 2 fully saturated rings. The van der Waals surface area contributed by atoms with Gasteiger partial charge in [0.25, 0.3) is 0 Å². The lowest BCUT2D eigenvalue weighted by Crippen LogP contribution is -2.37. The normalized spacial score (nSPS) is 23.2. The molecule has 3 aliphatic carbocycles. The number of fused-ring (bicyclic) bond motifs is 3. The number of benzene rings is 2. The second-order valence-electron chi connectivity index (χ2n) is 8.38. The van der Waals surface area contributed by atoms with Crippen molar-refractivity contribution in [3.05, 3.63) is 59.7 Å². The van der Waals surface area contributed by atoms with E-state index in [2.05, 4.69) is 48.5 Å². The predicted molar refractivity (Wildman–Crippen MR) is 101 cm³/mol. The summed E-state index contributed by atoms with van der Waals surface area (Å²) in [5.74, 6) is 1.59. The Hall–Kier alpha value is -1.56. The first kappa shape index (κ1) is 14.8. The van der Waals surface area contributed by atoms with Gasteiger partial charge < -0.3 is 0 Å². The molecule has 2 aromatic rings. The average molecular weight is 316 g/mol. The van der Waals surface area contributed by atoms with Crippen LogP contribution < -0.4 is 0 Å². The van der Waals surface area contributed by atoms with Crippen molar-refractivity contribution in [3.8, 4) is 11.1 Å². The van der Waals surface area contributed by atoms with Gasteiger partial charge in [-0.25, -0.2) is 0 Å². The number of hydrogen-bond acceptors (Lipinski definition) is 0. The molecule has 0 amide bonds. The van der Waals surface area contributed by atoms with E-state index in [4.69, 9.17) is 0 Å². The Kier molecular flexibility index (Phi) is 3.54. The van der Waals surface area contributed by atoms with Crippen LogP contribution in [0.3, 0.4) is 0 Å². The molecule has 0 spiro atoms. The van der Waals surface area contributed by atoms with Crippen molar-refractivity contribution in [2.75, 3.05) is 0 Å². The van der Waals surface area contributed by atoms with Crippen molar-refractivity contribution in [2.24, 2.45) is 11.3 Å². The van der Waals surface area contributed by atoms with Gasteiger partial charge in [0.1, 0.15) is 0 Å². The number of hydrogen-bond donors (Lipinski definition) is 0. The van der Waals surface area contributed by atoms with Crippen molar-refractivity contribution in [1.82, 2.24) is 0 Å². The lowest BCUT2D eigenvalue weighted by atomic mass is 9.56. The minimum Gasteiger partial charge on any atom is -0.0619 e. The maximum atomic E-state index is 2.44. The van der Waals surface area contributed by atoms with Crippen LogP contribution in [0.2, 0.25) is 0 Å². The van der Waals surface area contributed by atoms with Crippen molar-refractivity contribution < 1.29 is 0 Å². The molecule has 0 bridgehead atoms. The molecule has 0 nitrogen and oxygen atoms in total. The predicted octanol–water partition coefficient (Wildman–Crippen LogP) is 6.94. The first-order valence-corrected chi connectivity index (χ1v) is 10.1. The highest BCUT2D eigenvalue weighted by Gasteiger charge is 2.50. The van der Waals surface area contributed by atoms with E-state index in [1.165, 1.54) is 68.9 Å². The summed E-state index contributed by atoms with van der Waals surface area (Å²) in [7, 11) is 0. The molecule has 0 heterocycles. The molecular formula is C24H28. The minimum absolute atomic E-state index is 0.525. The van der Waals surface area contributed by atoms with Crippen LogP contribution in [0.1, 0.15) is 74.8 Å². The molecule has 3 aliphatic rings. The maximum absolute atomic E-state index is 2.44. The van der Waals surface area contributed by atoms with Crippen LogP contribution in [0.15, 0.2) is 48.5 Å². The van der Waals surface area contributed by atoms with Gasteiger partial charge >= 0.3 is 0 Å². The number of rotatable bonds is 2. The van der Waals surface area contributed by atoms with Crippen molar-refractivity contribution in [2.45, 2.75) is 63.7 Å². The van der Waals surface area contributed by atoms with E-state index >= 15 is 0 Å². The maximum Gasteiger partial charge on any atom is 0.0161 e. The highest BCUT2D eigenvalue weighted by atomic mass is 14.5. The second kappa shape index (κ2) is 5.76. The van der Waals surface area contributed by atoms with Gasteiger partial charge in [0.15, 0.2) is 0 Å². The van der Waals surface area contributed by atoms with E-state index in [0.29, 0.717) is 11.3 Å². The Labute approximate surface area is 146 Å². The molecule has 0 heteroatoms. The molecule has 0 N–H and O–H groups in total. The topological polar surface area (TPSA) is 0 Å². The van der Waals surface area contributed by atoms with Crippen LogP contribution in [-0.2, 0) is 0 Å². The van der Waals surface area contributed by atoms with Crippen LogP contribution >= 0.6 is 0 Å². The summed E-state index contributed by atoms with van der Waals surface area (Å²) in [5, 5.41) is 0. The first-order chi connectivity index (χ1) is 11.9. The molecule has 0 aromatic heterocycles. The third-order valence-electron chi connectivity index (χ3n) is 7.36. The monoisotopic (exact) mass is 316 g/mol. The Morgan fingerprint density at radius 2 is 1.17 bits per heavy atom. The minimum atomic E-state index is 0.525. The average Bonchev–Trinajstić information content (AvgIpc) is 3.29. The molecule has 2 aromatic carbocycles. The van der Waals surface area contributed by atoms with Crippen LogP contribution in [0.4, 0.5) is 0 Å². The fourth-order valence-corrected chi connectivity index (χ4v) is 6.42. The Bertz CT molecular complexity index is 684. The zero-order valence-electron chi connectivity index (χ0n) is 14.6. The third kappa shape index (κ3) is 2.05. The van der Waals surface area contributed by atoms with Gasteiger partial charge in [0.05, 0.1) is 0 Å². The summed E-state index contributed by atoms with van der Waals surface area (Å²) in [6.07, 6.45) is 13.1. The molecule has 0 atom stereocenters. The summed E-state index contributed by atoms with van der Waals surface area (Å²) in [4.78, 5) is 0. The molecule has 0 radical (unpaired) electrons. The second-order valence-corrected chi connectivity index (χ2v) is 8.38. The van der Waals surface area contributed by atoms with Crippen molar-refractivity contribution in [1.29, 1.82) is 0 Å². The van der Waals surface area contributed by atoms with Gasteiger partial charge in [-0.1, -0.05) is 80.6 Å². The standard InChI is InChI=1S/C24H28/c1-8-16-24(17-9-1,18-10-2-3-11-18)23-21-14-6-4-12-19(21)20-13-5-7-15-22(20)23/h4-7,12-15,18,23H,1-3,8-11,16-17H2. The molecular weight excluding hydrogens is 288 g/mol. The summed E-state index contributed by atoms with van der Waals surface area (Å²) in [5.41, 5.74) is 6.82. The molecule has 0 unspecified atom stereocenters. The van der Waals surface area contributed by atoms with Crippen molar-refractivity contribution in [3.63, 3.8) is 0 Å². The smallest absolute Gasteiger partial charge is 0.0161 e. The molecule has 124 valence electrons. The van der Waals surface area contributed by atoms with E-state index in [1.54, 1.807) is 11.1 Å². The summed E-state index contributed by atoms with van der Waals surface area (Å²) in [6.45, 7) is 0. The Morgan fingerprint density at radius 3 is 1.75 bits per heavy atom. The third-order valence-corrected chi connectivity index (χ3v) is 7.36. The lowest BCUT2D eigenvalue weighted by Gasteiger charge is -2.48. The first-order valence-electron chi connectivity index (χ1n) is 10.1. The van der Waals surface area contributed by atoms with Gasteiger partial charge in [-0.2, -0.15) is 0 Å². The molecule has 24 heavy (non-hydrogen) atoms. The SMILES string of the molecule is c1ccc2c(c1)-c1ccccc1C2C1(C2CCCC2)CCCCC1. The van der Waals surface area contributed by atoms with Gasteiger partial charge in [-0.15, -0.1) is 0 Å². The largest absolute Gasteiger partial charge is 0.0619 e. The lowest BCUT2D eigenvalue weighted by molar-refractivity contribution is 0.0789. The van der Waals surface area contributed by atoms with Gasteiger partial charge in [0.2, 0.25) is 0 Å². The van der Waals surface area contributed by atoms with E-state index in [-0.39, 0.29) is 0 Å². The zero-order valence-corrected chi connectivity index (χ0v) is 14.6. The van der Waals surface area contributed by atoms with E-state index in [0.717, 1.165) is 5.92 Å². The summed E-state index contributed by atoms with van der Waals surface area (Å²) in [6, 6.07) is 18.6. The van der Waals surface area contributed by atoms with Gasteiger partial charge in [0, 0.05) is 5.92 Å². The van der Waals surface area contributed by atoms with E-state index < -0.39 is 0 Å². The van der Waals surface area contributed by atoms with E-state index in [1.807, 2.05) is 0 Å². The van der Waals surface area contributed by atoms with Gasteiger partial charge in [-0.05, 0) is 59.3 Å². The van der Waals surface area contributed by atoms with Crippen LogP contribution in [0.25, 0.3) is 11.1 Å². The van der Waals surface area contributed by atoms with Crippen LogP contribution in [-0.4, -0.2) is 0 Å². The van der Waals surface area contributed by atoms with E-state index in [9.17, 15) is 0 Å². The van der Waals surface area contributed by atoms with Crippen molar-refractivity contribution >= 4 is 0 Å². The Morgan fingerprint density at radius 1 is 0.625 bits per heavy atom. The molecule has 5 rings (SSSR count). The zero-order chi connectivity index (χ0) is 16.0. The summed E-state index contributed by atoms with van der Waals surface area (Å²) >= 11 is 0. The fraction of sp³-hybridized carbons (Fsp3) is 0.500. The summed E-state index contributed by atoms with van der Waals surface area (Å²) < 4.78 is 0.